The average Bonchev–Trinajstić information content (AvgIpc) is 2.41. The highest BCUT2D eigenvalue weighted by molar-refractivity contribution is 5.69. The fraction of sp³-hybridized carbons (Fsp3) is 0.944. The van der Waals surface area contributed by atoms with E-state index in [1.807, 2.05) is 20.8 Å². The smallest absolute Gasteiger partial charge is 0.410 e. The fourth-order valence-electron chi connectivity index (χ4n) is 3.56. The maximum atomic E-state index is 11.9. The van der Waals surface area contributed by atoms with Crippen LogP contribution in [0.25, 0.3) is 0 Å². The Bertz CT molecular complexity index is 380. The van der Waals surface area contributed by atoms with Crippen LogP contribution in [0.5, 0.6) is 0 Å². The maximum absolute atomic E-state index is 11.9. The summed E-state index contributed by atoms with van der Waals surface area (Å²) >= 11 is 0. The summed E-state index contributed by atoms with van der Waals surface area (Å²) in [4.78, 5) is 16.3. The number of ether oxygens (including phenoxy) is 1. The highest BCUT2D eigenvalue weighted by Crippen LogP contribution is 2.22. The fourth-order valence-corrected chi connectivity index (χ4v) is 3.56. The van der Waals surface area contributed by atoms with Crippen LogP contribution >= 0.6 is 0 Å². The topological polar surface area (TPSA) is 44.8 Å². The number of carbonyl (C=O) groups is 1. The van der Waals surface area contributed by atoms with Crippen LogP contribution in [0.1, 0.15) is 53.9 Å². The van der Waals surface area contributed by atoms with Crippen LogP contribution < -0.4 is 5.32 Å². The number of carbonyl (C=O) groups excluding carboxylic acids is 1. The molecule has 23 heavy (non-hydrogen) atoms. The van der Waals surface area contributed by atoms with E-state index in [1.165, 1.54) is 38.9 Å². The molecule has 2 rings (SSSR count). The zero-order valence-corrected chi connectivity index (χ0v) is 15.6. The van der Waals surface area contributed by atoms with Crippen molar-refractivity contribution in [3.05, 3.63) is 0 Å². The molecule has 1 atom stereocenters. The van der Waals surface area contributed by atoms with Crippen molar-refractivity contribution in [3.8, 4) is 0 Å². The monoisotopic (exact) mass is 325 g/mol. The first-order chi connectivity index (χ1) is 10.8. The third-order valence-corrected chi connectivity index (χ3v) is 4.91. The summed E-state index contributed by atoms with van der Waals surface area (Å²) in [6, 6.07) is 0.954. The van der Waals surface area contributed by atoms with Crippen molar-refractivity contribution in [2.75, 3.05) is 32.7 Å². The summed E-state index contributed by atoms with van der Waals surface area (Å²) in [7, 11) is 0. The van der Waals surface area contributed by atoms with Crippen LogP contribution in [-0.4, -0.2) is 66.3 Å². The van der Waals surface area contributed by atoms with E-state index in [4.69, 9.17) is 4.74 Å². The van der Waals surface area contributed by atoms with Crippen molar-refractivity contribution >= 4 is 6.09 Å². The van der Waals surface area contributed by atoms with Gasteiger partial charge in [-0.05, 0) is 72.5 Å². The van der Waals surface area contributed by atoms with Crippen LogP contribution in [-0.2, 0) is 4.74 Å². The Morgan fingerprint density at radius 2 is 1.87 bits per heavy atom. The maximum Gasteiger partial charge on any atom is 0.410 e. The predicted molar refractivity (Wildman–Crippen MR) is 93.6 cm³/mol. The molecule has 0 bridgehead atoms. The quantitative estimate of drug-likeness (QED) is 0.844. The SMILES string of the molecule is CCCN1CCC(C(C)NC2CN(C(=O)OC(C)(C)C)C2)CC1. The van der Waals surface area contributed by atoms with E-state index in [-0.39, 0.29) is 6.09 Å². The lowest BCUT2D eigenvalue weighted by Gasteiger charge is -2.43. The molecule has 1 amide bonds. The zero-order valence-electron chi connectivity index (χ0n) is 15.6. The summed E-state index contributed by atoms with van der Waals surface area (Å²) in [6.45, 7) is 15.5. The van der Waals surface area contributed by atoms with Crippen molar-refractivity contribution in [1.82, 2.24) is 15.1 Å². The first-order valence-electron chi connectivity index (χ1n) is 9.25. The van der Waals surface area contributed by atoms with Gasteiger partial charge in [0.15, 0.2) is 0 Å². The number of piperidine rings is 1. The number of hydrogen-bond donors (Lipinski definition) is 1. The number of likely N-dealkylation sites (tertiary alicyclic amines) is 2. The van der Waals surface area contributed by atoms with Gasteiger partial charge in [0, 0.05) is 25.2 Å². The average molecular weight is 325 g/mol. The molecule has 134 valence electrons. The van der Waals surface area contributed by atoms with E-state index in [0.29, 0.717) is 12.1 Å². The van der Waals surface area contributed by atoms with Crippen molar-refractivity contribution in [3.63, 3.8) is 0 Å². The number of amides is 1. The normalized spacial score (nSPS) is 22.7. The summed E-state index contributed by atoms with van der Waals surface area (Å²) < 4.78 is 5.40. The zero-order chi connectivity index (χ0) is 17.0. The summed E-state index contributed by atoms with van der Waals surface area (Å²) in [5.74, 6) is 0.763. The molecule has 1 N–H and O–H groups in total. The van der Waals surface area contributed by atoms with Gasteiger partial charge in [0.25, 0.3) is 0 Å². The van der Waals surface area contributed by atoms with Gasteiger partial charge in [-0.2, -0.15) is 0 Å². The lowest BCUT2D eigenvalue weighted by molar-refractivity contribution is 0.00299. The summed E-state index contributed by atoms with van der Waals surface area (Å²) in [5, 5.41) is 3.71. The Labute approximate surface area is 141 Å². The molecule has 0 aromatic carbocycles. The lowest BCUT2D eigenvalue weighted by Crippen LogP contribution is -2.63. The minimum absolute atomic E-state index is 0.184. The highest BCUT2D eigenvalue weighted by atomic mass is 16.6. The van der Waals surface area contributed by atoms with Crippen LogP contribution in [0, 0.1) is 5.92 Å². The Balaban J connectivity index is 1.65. The second-order valence-corrected chi connectivity index (χ2v) is 8.22. The highest BCUT2D eigenvalue weighted by Gasteiger charge is 2.35. The van der Waals surface area contributed by atoms with Gasteiger partial charge >= 0.3 is 6.09 Å². The Morgan fingerprint density at radius 3 is 2.39 bits per heavy atom. The summed E-state index contributed by atoms with van der Waals surface area (Å²) in [6.07, 6.45) is 3.64. The number of nitrogens with zero attached hydrogens (tertiary/aromatic N) is 2. The van der Waals surface area contributed by atoms with E-state index in [2.05, 4.69) is 24.1 Å². The van der Waals surface area contributed by atoms with Gasteiger partial charge in [0.2, 0.25) is 0 Å². The van der Waals surface area contributed by atoms with Crippen molar-refractivity contribution in [1.29, 1.82) is 0 Å². The first kappa shape index (κ1) is 18.5. The molecule has 0 aromatic heterocycles. The van der Waals surface area contributed by atoms with Gasteiger partial charge in [-0.3, -0.25) is 0 Å². The summed E-state index contributed by atoms with van der Waals surface area (Å²) in [5.41, 5.74) is -0.407. The number of rotatable bonds is 5. The van der Waals surface area contributed by atoms with Crippen molar-refractivity contribution < 1.29 is 9.53 Å². The molecule has 0 spiro atoms. The van der Waals surface area contributed by atoms with Crippen LogP contribution in [0.4, 0.5) is 4.79 Å². The molecule has 0 radical (unpaired) electrons. The van der Waals surface area contributed by atoms with Crippen LogP contribution in [0.2, 0.25) is 0 Å². The molecule has 0 aromatic rings. The largest absolute Gasteiger partial charge is 0.444 e. The molecular formula is C18H35N3O2. The molecule has 2 aliphatic rings. The van der Waals surface area contributed by atoms with Gasteiger partial charge in [-0.25, -0.2) is 4.79 Å². The van der Waals surface area contributed by atoms with E-state index in [0.717, 1.165) is 19.0 Å². The van der Waals surface area contributed by atoms with E-state index in [1.54, 1.807) is 4.90 Å². The molecule has 2 saturated heterocycles. The van der Waals surface area contributed by atoms with Gasteiger partial charge in [0.05, 0.1) is 0 Å². The third-order valence-electron chi connectivity index (χ3n) is 4.91. The molecule has 5 nitrogen and oxygen atoms in total. The minimum atomic E-state index is -0.407. The Morgan fingerprint density at radius 1 is 1.26 bits per heavy atom. The molecule has 2 aliphatic heterocycles. The van der Waals surface area contributed by atoms with Gasteiger partial charge in [-0.1, -0.05) is 6.92 Å². The standard InChI is InChI=1S/C18H35N3O2/c1-6-9-20-10-7-15(8-11-20)14(2)19-16-12-21(13-16)17(22)23-18(3,4)5/h14-16,19H,6-13H2,1-5H3. The molecule has 0 aliphatic carbocycles. The van der Waals surface area contributed by atoms with Crippen LogP contribution in [0.15, 0.2) is 0 Å². The lowest BCUT2D eigenvalue weighted by atomic mass is 9.89. The number of nitrogens with one attached hydrogen (secondary N) is 1. The van der Waals surface area contributed by atoms with E-state index in [9.17, 15) is 4.79 Å². The molecule has 0 saturated carbocycles. The van der Waals surface area contributed by atoms with E-state index >= 15 is 0 Å². The predicted octanol–water partition coefficient (Wildman–Crippen LogP) is 2.71. The van der Waals surface area contributed by atoms with Crippen LogP contribution in [0.3, 0.4) is 0 Å². The van der Waals surface area contributed by atoms with Gasteiger partial charge < -0.3 is 19.9 Å². The molecule has 2 heterocycles. The molecule has 5 heteroatoms. The number of hydrogen-bond acceptors (Lipinski definition) is 4. The molecular weight excluding hydrogens is 290 g/mol. The van der Waals surface area contributed by atoms with E-state index < -0.39 is 5.60 Å². The Hall–Kier alpha value is -0.810. The Kier molecular flexibility index (Phi) is 6.32. The molecule has 1 unspecified atom stereocenters. The molecule has 2 fully saturated rings. The minimum Gasteiger partial charge on any atom is -0.444 e. The van der Waals surface area contributed by atoms with Crippen molar-refractivity contribution in [2.45, 2.75) is 71.6 Å². The van der Waals surface area contributed by atoms with Gasteiger partial charge in [-0.15, -0.1) is 0 Å². The second kappa shape index (κ2) is 7.84. The first-order valence-corrected chi connectivity index (χ1v) is 9.25. The van der Waals surface area contributed by atoms with Crippen molar-refractivity contribution in [2.24, 2.45) is 5.92 Å². The third kappa shape index (κ3) is 5.64. The second-order valence-electron chi connectivity index (χ2n) is 8.22. The van der Waals surface area contributed by atoms with Gasteiger partial charge in [0.1, 0.15) is 5.60 Å².